The van der Waals surface area contributed by atoms with E-state index in [1.807, 2.05) is 29.9 Å². The van der Waals surface area contributed by atoms with Crippen molar-refractivity contribution >= 4 is 27.7 Å². The van der Waals surface area contributed by atoms with Gasteiger partial charge in [-0.25, -0.2) is 15.0 Å². The van der Waals surface area contributed by atoms with Crippen LogP contribution >= 0.6 is 11.5 Å². The minimum atomic E-state index is 0.112. The van der Waals surface area contributed by atoms with Crippen molar-refractivity contribution in [1.29, 1.82) is 0 Å². The number of unbranched alkanes of at least 4 members (excludes halogenated alkanes) is 1. The van der Waals surface area contributed by atoms with E-state index in [0.29, 0.717) is 0 Å². The molecule has 4 heterocycles. The average molecular weight is 399 g/mol. The number of anilines is 1. The summed E-state index contributed by atoms with van der Waals surface area (Å²) in [6.45, 7) is 9.80. The topological polar surface area (TPSA) is 67.2 Å². The highest BCUT2D eigenvalue weighted by Gasteiger charge is 2.18. The summed E-state index contributed by atoms with van der Waals surface area (Å²) in [5.74, 6) is 0.824. The summed E-state index contributed by atoms with van der Waals surface area (Å²) in [5, 5.41) is 0.787. The fraction of sp³-hybridized carbons (Fsp3) is 0.500. The van der Waals surface area contributed by atoms with E-state index in [0.717, 1.165) is 79.5 Å². The second-order valence-electron chi connectivity index (χ2n) is 7.34. The Labute approximate surface area is 168 Å². The lowest BCUT2D eigenvalue weighted by Gasteiger charge is -2.34. The first-order valence-electron chi connectivity index (χ1n) is 9.84. The second kappa shape index (κ2) is 8.36. The molecule has 1 aliphatic rings. The van der Waals surface area contributed by atoms with Crippen molar-refractivity contribution in [2.75, 3.05) is 37.6 Å². The molecule has 0 radical (unpaired) electrons. The third kappa shape index (κ3) is 4.07. The molecule has 28 heavy (non-hydrogen) atoms. The van der Waals surface area contributed by atoms with Crippen molar-refractivity contribution in [3.05, 3.63) is 46.1 Å². The summed E-state index contributed by atoms with van der Waals surface area (Å²) < 4.78 is 1.87. The van der Waals surface area contributed by atoms with E-state index in [-0.39, 0.29) is 5.56 Å². The summed E-state index contributed by atoms with van der Waals surface area (Å²) >= 11 is 1.50. The van der Waals surface area contributed by atoms with Gasteiger partial charge in [0.15, 0.2) is 0 Å². The fourth-order valence-corrected chi connectivity index (χ4v) is 4.89. The highest BCUT2D eigenvalue weighted by Crippen LogP contribution is 2.19. The van der Waals surface area contributed by atoms with Gasteiger partial charge < -0.3 is 4.90 Å². The number of piperazine rings is 1. The molecule has 1 aliphatic heterocycles. The molecule has 1 saturated heterocycles. The molecule has 8 heteroatoms. The maximum absolute atomic E-state index is 12.6. The second-order valence-corrected chi connectivity index (χ2v) is 8.35. The normalized spacial score (nSPS) is 15.4. The Bertz CT molecular complexity index is 991. The van der Waals surface area contributed by atoms with Gasteiger partial charge in [-0.15, -0.1) is 0 Å². The van der Waals surface area contributed by atoms with Crippen LogP contribution < -0.4 is 10.5 Å². The van der Waals surface area contributed by atoms with E-state index >= 15 is 0 Å². The largest absolute Gasteiger partial charge is 0.338 e. The molecule has 3 aromatic rings. The first-order valence-corrected chi connectivity index (χ1v) is 10.6. The summed E-state index contributed by atoms with van der Waals surface area (Å²) in [7, 11) is 0. The van der Waals surface area contributed by atoms with Crippen molar-refractivity contribution in [2.45, 2.75) is 33.2 Å². The van der Waals surface area contributed by atoms with Gasteiger partial charge in [-0.1, -0.05) is 0 Å². The van der Waals surface area contributed by atoms with Gasteiger partial charge in [0.25, 0.3) is 5.56 Å². The Hall–Kier alpha value is -2.32. The van der Waals surface area contributed by atoms with E-state index < -0.39 is 0 Å². The molecule has 0 aromatic carbocycles. The predicted octanol–water partition coefficient (Wildman–Crippen LogP) is 2.47. The number of aryl methyl sites for hydroxylation is 3. The van der Waals surface area contributed by atoms with E-state index in [1.165, 1.54) is 11.5 Å². The van der Waals surface area contributed by atoms with Gasteiger partial charge in [-0.2, -0.15) is 0 Å². The van der Waals surface area contributed by atoms with Crippen molar-refractivity contribution in [3.8, 4) is 0 Å². The Kier molecular flexibility index (Phi) is 5.68. The first-order chi connectivity index (χ1) is 13.6. The highest BCUT2D eigenvalue weighted by molar-refractivity contribution is 7.13. The van der Waals surface area contributed by atoms with Crippen LogP contribution in [0.2, 0.25) is 0 Å². The molecular formula is C20H26N6OS. The van der Waals surface area contributed by atoms with Crippen molar-refractivity contribution < 1.29 is 0 Å². The van der Waals surface area contributed by atoms with Gasteiger partial charge in [-0.3, -0.25) is 13.7 Å². The molecule has 0 spiro atoms. The summed E-state index contributed by atoms with van der Waals surface area (Å²) in [4.78, 5) is 31.4. The molecular weight excluding hydrogens is 372 g/mol. The Morgan fingerprint density at radius 3 is 2.50 bits per heavy atom. The first kappa shape index (κ1) is 19.0. The molecule has 0 bridgehead atoms. The van der Waals surface area contributed by atoms with Crippen LogP contribution in [0.5, 0.6) is 0 Å². The lowest BCUT2D eigenvalue weighted by atomic mass is 10.2. The SMILES string of the molecule is Cc1cc(C)c2c(=O)n(CCCCN3CCN(c4ncccn4)CC3)sc2n1. The maximum atomic E-state index is 12.6. The summed E-state index contributed by atoms with van der Waals surface area (Å²) in [6.07, 6.45) is 5.69. The van der Waals surface area contributed by atoms with Crippen molar-refractivity contribution in [3.63, 3.8) is 0 Å². The van der Waals surface area contributed by atoms with Crippen LogP contribution in [0.25, 0.3) is 10.2 Å². The Morgan fingerprint density at radius 2 is 1.75 bits per heavy atom. The molecule has 4 rings (SSSR count). The number of nitrogens with zero attached hydrogens (tertiary/aromatic N) is 6. The average Bonchev–Trinajstić information content (AvgIpc) is 3.02. The van der Waals surface area contributed by atoms with Crippen LogP contribution in [0.1, 0.15) is 24.1 Å². The monoisotopic (exact) mass is 398 g/mol. The smallest absolute Gasteiger partial charge is 0.270 e. The minimum absolute atomic E-state index is 0.112. The molecule has 1 fully saturated rings. The van der Waals surface area contributed by atoms with Crippen LogP contribution in [-0.4, -0.2) is 56.5 Å². The lowest BCUT2D eigenvalue weighted by Crippen LogP contribution is -2.47. The molecule has 0 N–H and O–H groups in total. The molecule has 0 atom stereocenters. The Balaban J connectivity index is 1.26. The Morgan fingerprint density at radius 1 is 1.04 bits per heavy atom. The number of rotatable bonds is 6. The quantitative estimate of drug-likeness (QED) is 0.594. The summed E-state index contributed by atoms with van der Waals surface area (Å²) in [5.41, 5.74) is 2.11. The number of hydrogen-bond donors (Lipinski definition) is 0. The van der Waals surface area contributed by atoms with Crippen molar-refractivity contribution in [2.24, 2.45) is 0 Å². The third-order valence-electron chi connectivity index (χ3n) is 5.24. The van der Waals surface area contributed by atoms with Crippen LogP contribution in [0.3, 0.4) is 0 Å². The van der Waals surface area contributed by atoms with Crippen LogP contribution in [-0.2, 0) is 6.54 Å². The zero-order valence-corrected chi connectivity index (χ0v) is 17.3. The minimum Gasteiger partial charge on any atom is -0.338 e. The van der Waals surface area contributed by atoms with Crippen LogP contribution in [0.15, 0.2) is 29.3 Å². The maximum Gasteiger partial charge on any atom is 0.270 e. The zero-order chi connectivity index (χ0) is 19.5. The van der Waals surface area contributed by atoms with Gasteiger partial charge in [0.2, 0.25) is 5.95 Å². The third-order valence-corrected chi connectivity index (χ3v) is 6.28. The van der Waals surface area contributed by atoms with E-state index in [4.69, 9.17) is 0 Å². The van der Waals surface area contributed by atoms with Gasteiger partial charge >= 0.3 is 0 Å². The molecule has 3 aromatic heterocycles. The molecule has 0 aliphatic carbocycles. The van der Waals surface area contributed by atoms with Crippen LogP contribution in [0, 0.1) is 13.8 Å². The van der Waals surface area contributed by atoms with E-state index in [9.17, 15) is 4.79 Å². The summed E-state index contributed by atoms with van der Waals surface area (Å²) in [6, 6.07) is 3.83. The highest BCUT2D eigenvalue weighted by atomic mass is 32.1. The van der Waals surface area contributed by atoms with Gasteiger partial charge in [0, 0.05) is 50.8 Å². The van der Waals surface area contributed by atoms with E-state index in [2.05, 4.69) is 24.8 Å². The van der Waals surface area contributed by atoms with Crippen LogP contribution in [0.4, 0.5) is 5.95 Å². The van der Waals surface area contributed by atoms with Gasteiger partial charge in [-0.05, 0) is 62.5 Å². The number of fused-ring (bicyclic) bond motifs is 1. The molecule has 0 unspecified atom stereocenters. The predicted molar refractivity (Wildman–Crippen MR) is 113 cm³/mol. The van der Waals surface area contributed by atoms with Crippen molar-refractivity contribution in [1.82, 2.24) is 23.8 Å². The lowest BCUT2D eigenvalue weighted by molar-refractivity contribution is 0.250. The zero-order valence-electron chi connectivity index (χ0n) is 16.5. The number of pyridine rings is 1. The fourth-order valence-electron chi connectivity index (χ4n) is 3.76. The number of hydrogen-bond acceptors (Lipinski definition) is 7. The molecule has 148 valence electrons. The molecule has 7 nitrogen and oxygen atoms in total. The molecule has 0 amide bonds. The van der Waals surface area contributed by atoms with Gasteiger partial charge in [0.1, 0.15) is 4.83 Å². The standard InChI is InChI=1S/C20H26N6OS/c1-15-14-16(2)23-18-17(15)19(27)26(28-18)9-4-3-8-24-10-12-25(13-11-24)20-21-6-5-7-22-20/h5-7,14H,3-4,8-13H2,1-2H3. The molecule has 0 saturated carbocycles. The van der Waals surface area contributed by atoms with E-state index in [1.54, 1.807) is 12.4 Å². The number of aromatic nitrogens is 4. The van der Waals surface area contributed by atoms with Gasteiger partial charge in [0.05, 0.1) is 5.39 Å².